The number of nitrogens with one attached hydrogen (secondary N) is 1. The average molecular weight is 339 g/mol. The predicted octanol–water partition coefficient (Wildman–Crippen LogP) is 2.65. The molecule has 3 heterocycles. The Bertz CT molecular complexity index is 646. The highest BCUT2D eigenvalue weighted by molar-refractivity contribution is 7.09. The average Bonchev–Trinajstić information content (AvgIpc) is 3.16. The first-order valence-electron chi connectivity index (χ1n) is 7.44. The van der Waals surface area contributed by atoms with E-state index in [0.29, 0.717) is 10.7 Å². The summed E-state index contributed by atoms with van der Waals surface area (Å²) in [5.74, 6) is 0.0217. The molecule has 1 fully saturated rings. The van der Waals surface area contributed by atoms with Crippen LogP contribution in [0.1, 0.15) is 28.1 Å². The van der Waals surface area contributed by atoms with Crippen LogP contribution in [0.4, 0.5) is 0 Å². The van der Waals surface area contributed by atoms with Gasteiger partial charge in [-0.3, -0.25) is 9.69 Å². The van der Waals surface area contributed by atoms with Crippen molar-refractivity contribution in [3.63, 3.8) is 0 Å². The Balaban J connectivity index is 1.52. The van der Waals surface area contributed by atoms with Crippen LogP contribution in [0.2, 0.25) is 5.02 Å². The molecule has 118 valence electrons. The fraction of sp³-hybridized carbons (Fsp3) is 0.467. The van der Waals surface area contributed by atoms with Gasteiger partial charge in [0.2, 0.25) is 0 Å². The maximum Gasteiger partial charge on any atom is 0.270 e. The minimum atomic E-state index is 0.0217. The van der Waals surface area contributed by atoms with Gasteiger partial charge in [0.15, 0.2) is 0 Å². The molecule has 5 nitrogen and oxygen atoms in total. The molecule has 0 atom stereocenters. The Labute approximate surface area is 138 Å². The third-order valence-electron chi connectivity index (χ3n) is 3.83. The lowest BCUT2D eigenvalue weighted by Crippen LogP contribution is -2.48. The van der Waals surface area contributed by atoms with Crippen LogP contribution in [0.15, 0.2) is 17.6 Å². The zero-order valence-electron chi connectivity index (χ0n) is 12.5. The van der Waals surface area contributed by atoms with Gasteiger partial charge in [0.25, 0.3) is 5.91 Å². The summed E-state index contributed by atoms with van der Waals surface area (Å²) in [6.45, 7) is 6.21. The van der Waals surface area contributed by atoms with Crippen LogP contribution in [0.5, 0.6) is 0 Å². The van der Waals surface area contributed by atoms with E-state index < -0.39 is 0 Å². The minimum Gasteiger partial charge on any atom is -0.356 e. The van der Waals surface area contributed by atoms with Gasteiger partial charge in [-0.05, 0) is 12.5 Å². The number of amides is 1. The Hall–Kier alpha value is -1.37. The number of carbonyl (C=O) groups excluding carboxylic acids is 1. The molecule has 0 bridgehead atoms. The first kappa shape index (κ1) is 15.5. The summed E-state index contributed by atoms with van der Waals surface area (Å²) in [7, 11) is 0. The normalized spacial score (nSPS) is 16.2. The van der Waals surface area contributed by atoms with E-state index in [9.17, 15) is 4.79 Å². The van der Waals surface area contributed by atoms with Crippen molar-refractivity contribution < 1.29 is 4.79 Å². The lowest BCUT2D eigenvalue weighted by atomic mass is 10.2. The molecule has 1 aliphatic rings. The molecule has 1 aliphatic heterocycles. The van der Waals surface area contributed by atoms with Gasteiger partial charge in [-0.15, -0.1) is 11.3 Å². The van der Waals surface area contributed by atoms with E-state index in [0.717, 1.165) is 44.8 Å². The molecule has 0 radical (unpaired) electrons. The first-order valence-corrected chi connectivity index (χ1v) is 8.70. The molecule has 7 heteroatoms. The van der Waals surface area contributed by atoms with Crippen molar-refractivity contribution in [3.05, 3.63) is 39.1 Å². The lowest BCUT2D eigenvalue weighted by Gasteiger charge is -2.34. The quantitative estimate of drug-likeness (QED) is 0.932. The molecule has 1 N–H and O–H groups in total. The second kappa shape index (κ2) is 6.81. The monoisotopic (exact) mass is 338 g/mol. The molecule has 0 unspecified atom stereocenters. The topological polar surface area (TPSA) is 52.2 Å². The van der Waals surface area contributed by atoms with Crippen molar-refractivity contribution in [1.82, 2.24) is 19.8 Å². The van der Waals surface area contributed by atoms with E-state index in [1.54, 1.807) is 23.6 Å². The maximum absolute atomic E-state index is 12.3. The summed E-state index contributed by atoms with van der Waals surface area (Å²) >= 11 is 7.58. The number of rotatable bonds is 4. The fourth-order valence-corrected chi connectivity index (χ4v) is 3.48. The molecule has 1 saturated heterocycles. The Morgan fingerprint density at radius 3 is 2.77 bits per heavy atom. The largest absolute Gasteiger partial charge is 0.356 e. The van der Waals surface area contributed by atoms with Gasteiger partial charge in [-0.1, -0.05) is 18.5 Å². The number of aryl methyl sites for hydroxylation is 1. The minimum absolute atomic E-state index is 0.0217. The number of aromatic nitrogens is 2. The van der Waals surface area contributed by atoms with Crippen molar-refractivity contribution in [2.24, 2.45) is 0 Å². The Kier molecular flexibility index (Phi) is 4.81. The van der Waals surface area contributed by atoms with E-state index >= 15 is 0 Å². The van der Waals surface area contributed by atoms with Crippen molar-refractivity contribution in [2.75, 3.05) is 26.2 Å². The van der Waals surface area contributed by atoms with Crippen LogP contribution >= 0.6 is 22.9 Å². The maximum atomic E-state index is 12.3. The van der Waals surface area contributed by atoms with Gasteiger partial charge in [-0.2, -0.15) is 0 Å². The van der Waals surface area contributed by atoms with Crippen LogP contribution < -0.4 is 0 Å². The van der Waals surface area contributed by atoms with Crippen molar-refractivity contribution in [2.45, 2.75) is 19.9 Å². The van der Waals surface area contributed by atoms with E-state index in [1.807, 2.05) is 4.90 Å². The second-order valence-electron chi connectivity index (χ2n) is 5.39. The van der Waals surface area contributed by atoms with Crippen LogP contribution in [-0.4, -0.2) is 51.9 Å². The summed E-state index contributed by atoms with van der Waals surface area (Å²) in [5.41, 5.74) is 1.70. The van der Waals surface area contributed by atoms with Gasteiger partial charge in [0.05, 0.1) is 15.7 Å². The van der Waals surface area contributed by atoms with Crippen LogP contribution in [0.3, 0.4) is 0 Å². The highest BCUT2D eigenvalue weighted by atomic mass is 35.5. The lowest BCUT2D eigenvalue weighted by molar-refractivity contribution is 0.0622. The van der Waals surface area contributed by atoms with Crippen LogP contribution in [-0.2, 0) is 13.0 Å². The standard InChI is InChI=1S/C15H19ClN4OS/c1-2-14-18-12(10-22-14)9-19-3-5-20(6-4-19)15(21)13-7-11(16)8-17-13/h7-8,10,17H,2-6,9H2,1H3. The number of nitrogens with zero attached hydrogens (tertiary/aromatic N) is 3. The second-order valence-corrected chi connectivity index (χ2v) is 6.77. The number of piperazine rings is 1. The number of aromatic amines is 1. The molecular weight excluding hydrogens is 320 g/mol. The molecule has 2 aromatic rings. The molecule has 0 aliphatic carbocycles. The van der Waals surface area contributed by atoms with E-state index in [4.69, 9.17) is 11.6 Å². The summed E-state index contributed by atoms with van der Waals surface area (Å²) in [4.78, 5) is 24.1. The molecule has 3 rings (SSSR count). The van der Waals surface area contributed by atoms with Gasteiger partial charge >= 0.3 is 0 Å². The number of hydrogen-bond acceptors (Lipinski definition) is 4. The first-order chi connectivity index (χ1) is 10.7. The smallest absolute Gasteiger partial charge is 0.270 e. The number of thiazole rings is 1. The van der Waals surface area contributed by atoms with E-state index in [2.05, 4.69) is 27.2 Å². The van der Waals surface area contributed by atoms with Gasteiger partial charge in [0.1, 0.15) is 5.69 Å². The van der Waals surface area contributed by atoms with Crippen LogP contribution in [0.25, 0.3) is 0 Å². The number of halogens is 1. The number of carbonyl (C=O) groups is 1. The highest BCUT2D eigenvalue weighted by Gasteiger charge is 2.23. The molecule has 0 saturated carbocycles. The van der Waals surface area contributed by atoms with Crippen molar-refractivity contribution in [1.29, 1.82) is 0 Å². The summed E-state index contributed by atoms with van der Waals surface area (Å²) in [6, 6.07) is 1.68. The molecule has 2 aromatic heterocycles. The molecular formula is C15H19ClN4OS. The van der Waals surface area contributed by atoms with Crippen molar-refractivity contribution >= 4 is 28.8 Å². The highest BCUT2D eigenvalue weighted by Crippen LogP contribution is 2.16. The van der Waals surface area contributed by atoms with Gasteiger partial charge in [-0.25, -0.2) is 4.98 Å². The Morgan fingerprint density at radius 2 is 2.18 bits per heavy atom. The van der Waals surface area contributed by atoms with E-state index in [-0.39, 0.29) is 5.91 Å². The zero-order valence-corrected chi connectivity index (χ0v) is 14.1. The van der Waals surface area contributed by atoms with Gasteiger partial charge in [0, 0.05) is 44.3 Å². The van der Waals surface area contributed by atoms with E-state index in [1.165, 1.54) is 5.01 Å². The molecule has 22 heavy (non-hydrogen) atoms. The third kappa shape index (κ3) is 3.51. The zero-order chi connectivity index (χ0) is 15.5. The SMILES string of the molecule is CCc1nc(CN2CCN(C(=O)c3cc(Cl)c[nH]3)CC2)cs1. The van der Waals surface area contributed by atoms with Crippen molar-refractivity contribution in [3.8, 4) is 0 Å². The fourth-order valence-electron chi connectivity index (χ4n) is 2.58. The molecule has 0 spiro atoms. The summed E-state index contributed by atoms with van der Waals surface area (Å²) in [6.07, 6.45) is 2.63. The summed E-state index contributed by atoms with van der Waals surface area (Å²) < 4.78 is 0. The molecule has 1 amide bonds. The third-order valence-corrected chi connectivity index (χ3v) is 5.09. The summed E-state index contributed by atoms with van der Waals surface area (Å²) in [5, 5.41) is 3.89. The van der Waals surface area contributed by atoms with Gasteiger partial charge < -0.3 is 9.88 Å². The molecule has 0 aromatic carbocycles. The number of hydrogen-bond donors (Lipinski definition) is 1. The number of H-pyrrole nitrogens is 1. The van der Waals surface area contributed by atoms with Crippen LogP contribution in [0, 0.1) is 0 Å². The predicted molar refractivity (Wildman–Crippen MR) is 88.5 cm³/mol. The Morgan fingerprint density at radius 1 is 1.41 bits per heavy atom.